The second kappa shape index (κ2) is 10.6. The second-order valence-electron chi connectivity index (χ2n) is 5.64. The summed E-state index contributed by atoms with van der Waals surface area (Å²) in [4.78, 5) is 5.62. The van der Waals surface area contributed by atoms with Crippen LogP contribution in [0.15, 0.2) is 46.8 Å². The highest BCUT2D eigenvalue weighted by Gasteiger charge is 2.05. The molecule has 0 saturated carbocycles. The van der Waals surface area contributed by atoms with E-state index in [1.54, 1.807) is 30.0 Å². The minimum atomic E-state index is -0.205. The summed E-state index contributed by atoms with van der Waals surface area (Å²) >= 11 is 1.71. The van der Waals surface area contributed by atoms with Gasteiger partial charge in [0.05, 0.1) is 0 Å². The molecule has 0 aliphatic heterocycles. The van der Waals surface area contributed by atoms with Crippen molar-refractivity contribution in [2.24, 2.45) is 12.0 Å². The van der Waals surface area contributed by atoms with Gasteiger partial charge in [-0.15, -0.1) is 28.5 Å². The van der Waals surface area contributed by atoms with Gasteiger partial charge in [-0.25, -0.2) is 9.38 Å². The number of aliphatic imine (C=N–C) groups is 1. The van der Waals surface area contributed by atoms with E-state index in [9.17, 15) is 4.39 Å². The molecule has 2 aromatic rings. The van der Waals surface area contributed by atoms with Crippen LogP contribution in [0.3, 0.4) is 0 Å². The first kappa shape index (κ1) is 20.0. The normalized spacial score (nSPS) is 11.4. The van der Waals surface area contributed by atoms with Crippen molar-refractivity contribution in [3.05, 3.63) is 54.4 Å². The van der Waals surface area contributed by atoms with Crippen LogP contribution in [0.5, 0.6) is 0 Å². The summed E-state index contributed by atoms with van der Waals surface area (Å²) in [5, 5.41) is 14.7. The number of guanidine groups is 1. The molecule has 0 fully saturated rings. The van der Waals surface area contributed by atoms with Crippen molar-refractivity contribution in [1.82, 2.24) is 25.4 Å². The van der Waals surface area contributed by atoms with Crippen molar-refractivity contribution in [3.63, 3.8) is 0 Å². The van der Waals surface area contributed by atoms with Gasteiger partial charge >= 0.3 is 0 Å². The van der Waals surface area contributed by atoms with Crippen LogP contribution >= 0.6 is 11.8 Å². The third-order valence-electron chi connectivity index (χ3n) is 3.67. The van der Waals surface area contributed by atoms with E-state index in [1.807, 2.05) is 18.5 Å². The molecule has 0 unspecified atom stereocenters. The molecule has 0 bridgehead atoms. The Balaban J connectivity index is 1.77. The number of nitrogens with zero attached hydrogens (tertiary/aromatic N) is 4. The Kier molecular flexibility index (Phi) is 8.14. The van der Waals surface area contributed by atoms with Gasteiger partial charge in [0, 0.05) is 25.0 Å². The third-order valence-corrected chi connectivity index (χ3v) is 4.77. The van der Waals surface area contributed by atoms with Gasteiger partial charge in [-0.05, 0) is 43.4 Å². The van der Waals surface area contributed by atoms with E-state index in [4.69, 9.17) is 0 Å². The number of halogens is 1. The lowest BCUT2D eigenvalue weighted by atomic mass is 10.4. The molecule has 0 atom stereocenters. The number of rotatable bonds is 9. The van der Waals surface area contributed by atoms with E-state index in [-0.39, 0.29) is 5.82 Å². The predicted molar refractivity (Wildman–Crippen MR) is 105 cm³/mol. The molecule has 0 saturated heterocycles. The van der Waals surface area contributed by atoms with E-state index >= 15 is 0 Å². The van der Waals surface area contributed by atoms with Crippen LogP contribution in [-0.2, 0) is 13.6 Å². The molecule has 8 heteroatoms. The first-order valence-electron chi connectivity index (χ1n) is 8.46. The predicted octanol–water partition coefficient (Wildman–Crippen LogP) is 2.67. The standard InChI is InChI=1S/C18H25FN6S/c1-4-10-20-18(22-13-17-24-23-14(2)25(17)3)21-11-5-12-26-16-8-6-15(19)7-9-16/h4,6-9H,1,5,10-13H2,2-3H3,(H2,20,21,22). The maximum atomic E-state index is 12.9. The monoisotopic (exact) mass is 376 g/mol. The van der Waals surface area contributed by atoms with Crippen molar-refractivity contribution >= 4 is 17.7 Å². The van der Waals surface area contributed by atoms with Crippen LogP contribution in [0, 0.1) is 12.7 Å². The summed E-state index contributed by atoms with van der Waals surface area (Å²) in [6.45, 7) is 7.50. The van der Waals surface area contributed by atoms with Gasteiger partial charge in [0.15, 0.2) is 11.8 Å². The summed E-state index contributed by atoms with van der Waals surface area (Å²) in [7, 11) is 1.93. The van der Waals surface area contributed by atoms with E-state index < -0.39 is 0 Å². The highest BCUT2D eigenvalue weighted by atomic mass is 32.2. The Morgan fingerprint density at radius 3 is 2.73 bits per heavy atom. The first-order valence-corrected chi connectivity index (χ1v) is 9.45. The minimum Gasteiger partial charge on any atom is -0.356 e. The van der Waals surface area contributed by atoms with Gasteiger partial charge in [-0.3, -0.25) is 0 Å². The molecule has 6 nitrogen and oxygen atoms in total. The number of aromatic nitrogens is 3. The fraction of sp³-hybridized carbons (Fsp3) is 0.389. The molecule has 2 rings (SSSR count). The lowest BCUT2D eigenvalue weighted by Crippen LogP contribution is -2.38. The zero-order valence-electron chi connectivity index (χ0n) is 15.2. The Hall–Kier alpha value is -2.35. The smallest absolute Gasteiger partial charge is 0.191 e. The van der Waals surface area contributed by atoms with Gasteiger partial charge in [-0.2, -0.15) is 0 Å². The molecule has 0 radical (unpaired) electrons. The van der Waals surface area contributed by atoms with Crippen LogP contribution in [0.25, 0.3) is 0 Å². The molecule has 140 valence electrons. The van der Waals surface area contributed by atoms with E-state index in [1.165, 1.54) is 12.1 Å². The summed E-state index contributed by atoms with van der Waals surface area (Å²) in [5.41, 5.74) is 0. The van der Waals surface area contributed by atoms with Crippen LogP contribution in [0.4, 0.5) is 4.39 Å². The number of thioether (sulfide) groups is 1. The summed E-state index contributed by atoms with van der Waals surface area (Å²) in [6, 6.07) is 6.57. The fourth-order valence-electron chi connectivity index (χ4n) is 2.08. The largest absolute Gasteiger partial charge is 0.356 e. The number of benzene rings is 1. The van der Waals surface area contributed by atoms with E-state index in [0.717, 1.165) is 41.2 Å². The lowest BCUT2D eigenvalue weighted by Gasteiger charge is -2.11. The zero-order valence-corrected chi connectivity index (χ0v) is 16.0. The second-order valence-corrected chi connectivity index (χ2v) is 6.81. The van der Waals surface area contributed by atoms with Crippen molar-refractivity contribution in [2.45, 2.75) is 24.8 Å². The molecule has 1 aromatic heterocycles. The highest BCUT2D eigenvalue weighted by Crippen LogP contribution is 2.18. The molecule has 0 aliphatic rings. The molecule has 0 aliphatic carbocycles. The first-order chi connectivity index (χ1) is 12.6. The summed E-state index contributed by atoms with van der Waals surface area (Å²) < 4.78 is 14.8. The quantitative estimate of drug-likeness (QED) is 0.232. The van der Waals surface area contributed by atoms with Crippen molar-refractivity contribution in [3.8, 4) is 0 Å². The molecule has 1 aromatic carbocycles. The third kappa shape index (κ3) is 6.51. The molecular weight excluding hydrogens is 351 g/mol. The maximum absolute atomic E-state index is 12.9. The number of aryl methyl sites for hydroxylation is 1. The summed E-state index contributed by atoms with van der Waals surface area (Å²) in [5.74, 6) is 3.13. The van der Waals surface area contributed by atoms with Gasteiger partial charge in [0.1, 0.15) is 18.2 Å². The molecule has 26 heavy (non-hydrogen) atoms. The Morgan fingerprint density at radius 1 is 1.31 bits per heavy atom. The fourth-order valence-corrected chi connectivity index (χ4v) is 2.93. The lowest BCUT2D eigenvalue weighted by molar-refractivity contribution is 0.626. The van der Waals surface area contributed by atoms with Gasteiger partial charge in [-0.1, -0.05) is 6.08 Å². The summed E-state index contributed by atoms with van der Waals surface area (Å²) in [6.07, 6.45) is 2.74. The SMILES string of the molecule is C=CCNC(=NCc1nnc(C)n1C)NCCCSc1ccc(F)cc1. The minimum absolute atomic E-state index is 0.205. The number of hydrogen-bond donors (Lipinski definition) is 2. The Labute approximate surface area is 158 Å². The van der Waals surface area contributed by atoms with Gasteiger partial charge < -0.3 is 15.2 Å². The molecule has 0 spiro atoms. The Bertz CT molecular complexity index is 726. The zero-order chi connectivity index (χ0) is 18.8. The molecule has 1 heterocycles. The molecule has 2 N–H and O–H groups in total. The van der Waals surface area contributed by atoms with Crippen LogP contribution in [0.2, 0.25) is 0 Å². The Morgan fingerprint density at radius 2 is 2.08 bits per heavy atom. The average Bonchev–Trinajstić information content (AvgIpc) is 2.96. The van der Waals surface area contributed by atoms with Crippen LogP contribution < -0.4 is 10.6 Å². The maximum Gasteiger partial charge on any atom is 0.191 e. The van der Waals surface area contributed by atoms with Crippen molar-refractivity contribution < 1.29 is 4.39 Å². The number of hydrogen-bond acceptors (Lipinski definition) is 4. The van der Waals surface area contributed by atoms with Crippen molar-refractivity contribution in [1.29, 1.82) is 0 Å². The van der Waals surface area contributed by atoms with Gasteiger partial charge in [0.2, 0.25) is 0 Å². The van der Waals surface area contributed by atoms with Crippen LogP contribution in [0.1, 0.15) is 18.1 Å². The molecule has 0 amide bonds. The molecular formula is C18H25FN6S. The topological polar surface area (TPSA) is 67.1 Å². The van der Waals surface area contributed by atoms with E-state index in [2.05, 4.69) is 32.4 Å². The number of nitrogens with one attached hydrogen (secondary N) is 2. The van der Waals surface area contributed by atoms with E-state index in [0.29, 0.717) is 13.1 Å². The highest BCUT2D eigenvalue weighted by molar-refractivity contribution is 7.99. The van der Waals surface area contributed by atoms with Crippen LogP contribution in [-0.4, -0.2) is 39.6 Å². The average molecular weight is 377 g/mol. The van der Waals surface area contributed by atoms with Gasteiger partial charge in [0.25, 0.3) is 0 Å². The van der Waals surface area contributed by atoms with Crippen molar-refractivity contribution in [2.75, 3.05) is 18.8 Å².